The number of rotatable bonds is 3. The standard InChI is InChI=1S/C13H10N6O2/c14-10-4-1-3-9(7-10)13-15-16-17-18(13)11-5-2-6-12(8-11)19(20)21/h1-8H,14H2. The van der Waals surface area contributed by atoms with Crippen LogP contribution in [0.15, 0.2) is 48.5 Å². The van der Waals surface area contributed by atoms with Crippen molar-refractivity contribution < 1.29 is 4.92 Å². The van der Waals surface area contributed by atoms with Crippen LogP contribution in [-0.2, 0) is 0 Å². The van der Waals surface area contributed by atoms with Crippen molar-refractivity contribution in [3.05, 3.63) is 58.6 Å². The van der Waals surface area contributed by atoms with E-state index in [1.54, 1.807) is 30.3 Å². The van der Waals surface area contributed by atoms with Crippen LogP contribution in [0.3, 0.4) is 0 Å². The summed E-state index contributed by atoms with van der Waals surface area (Å²) in [5, 5.41) is 22.3. The van der Waals surface area contributed by atoms with Crippen molar-refractivity contribution in [1.82, 2.24) is 20.2 Å². The Hall–Kier alpha value is -3.29. The number of benzene rings is 2. The van der Waals surface area contributed by atoms with E-state index in [2.05, 4.69) is 15.5 Å². The van der Waals surface area contributed by atoms with Crippen molar-refractivity contribution in [3.63, 3.8) is 0 Å². The molecule has 21 heavy (non-hydrogen) atoms. The Labute approximate surface area is 119 Å². The summed E-state index contributed by atoms with van der Waals surface area (Å²) in [6, 6.07) is 13.2. The van der Waals surface area contributed by atoms with Crippen molar-refractivity contribution in [1.29, 1.82) is 0 Å². The molecule has 3 aromatic rings. The molecule has 0 amide bonds. The fraction of sp³-hybridized carbons (Fsp3) is 0. The van der Waals surface area contributed by atoms with Crippen LogP contribution in [0.25, 0.3) is 17.1 Å². The van der Waals surface area contributed by atoms with Gasteiger partial charge in [-0.05, 0) is 28.6 Å². The molecule has 8 nitrogen and oxygen atoms in total. The summed E-state index contributed by atoms with van der Waals surface area (Å²) in [7, 11) is 0. The first-order chi connectivity index (χ1) is 10.1. The zero-order chi connectivity index (χ0) is 14.8. The van der Waals surface area contributed by atoms with Crippen molar-refractivity contribution >= 4 is 11.4 Å². The minimum absolute atomic E-state index is 0.0264. The molecule has 0 spiro atoms. The molecule has 8 heteroatoms. The van der Waals surface area contributed by atoms with Crippen molar-refractivity contribution in [3.8, 4) is 17.1 Å². The smallest absolute Gasteiger partial charge is 0.271 e. The predicted octanol–water partition coefficient (Wildman–Crippen LogP) is 1.82. The minimum atomic E-state index is -0.464. The fourth-order valence-corrected chi connectivity index (χ4v) is 1.96. The van der Waals surface area contributed by atoms with Gasteiger partial charge in [-0.25, -0.2) is 0 Å². The molecule has 1 aromatic heterocycles. The Morgan fingerprint density at radius 3 is 2.71 bits per heavy atom. The highest BCUT2D eigenvalue weighted by molar-refractivity contribution is 5.62. The summed E-state index contributed by atoms with van der Waals surface area (Å²) in [6.45, 7) is 0. The summed E-state index contributed by atoms with van der Waals surface area (Å²) in [5.41, 5.74) is 7.54. The molecule has 0 bridgehead atoms. The quantitative estimate of drug-likeness (QED) is 0.445. The second-order valence-corrected chi connectivity index (χ2v) is 4.32. The van der Waals surface area contributed by atoms with Gasteiger partial charge in [0.1, 0.15) is 0 Å². The molecule has 0 fully saturated rings. The Morgan fingerprint density at radius 2 is 1.95 bits per heavy atom. The summed E-state index contributed by atoms with van der Waals surface area (Å²) in [4.78, 5) is 10.4. The van der Waals surface area contributed by atoms with Crippen LogP contribution >= 0.6 is 0 Å². The maximum atomic E-state index is 10.9. The largest absolute Gasteiger partial charge is 0.399 e. The lowest BCUT2D eigenvalue weighted by atomic mass is 10.2. The van der Waals surface area contributed by atoms with Crippen molar-refractivity contribution in [2.75, 3.05) is 5.73 Å². The number of anilines is 1. The van der Waals surface area contributed by atoms with E-state index < -0.39 is 4.92 Å². The van der Waals surface area contributed by atoms with Gasteiger partial charge >= 0.3 is 0 Å². The summed E-state index contributed by atoms with van der Waals surface area (Å²) >= 11 is 0. The molecule has 0 saturated carbocycles. The van der Waals surface area contributed by atoms with Gasteiger partial charge in [-0.3, -0.25) is 10.1 Å². The molecule has 2 aromatic carbocycles. The molecule has 104 valence electrons. The molecular weight excluding hydrogens is 272 g/mol. The van der Waals surface area contributed by atoms with Crippen molar-refractivity contribution in [2.45, 2.75) is 0 Å². The number of nitro groups is 1. The van der Waals surface area contributed by atoms with Gasteiger partial charge in [-0.1, -0.05) is 18.2 Å². The Balaban J connectivity index is 2.11. The van der Waals surface area contributed by atoms with Gasteiger partial charge in [0.15, 0.2) is 5.82 Å². The average molecular weight is 282 g/mol. The monoisotopic (exact) mass is 282 g/mol. The van der Waals surface area contributed by atoms with E-state index in [0.717, 1.165) is 5.56 Å². The van der Waals surface area contributed by atoms with Gasteiger partial charge in [0.2, 0.25) is 0 Å². The lowest BCUT2D eigenvalue weighted by Crippen LogP contribution is -2.01. The van der Waals surface area contributed by atoms with Crippen LogP contribution in [0.5, 0.6) is 0 Å². The number of hydrogen-bond acceptors (Lipinski definition) is 6. The molecule has 1 heterocycles. The van der Waals surface area contributed by atoms with Crippen molar-refractivity contribution in [2.24, 2.45) is 0 Å². The molecule has 0 radical (unpaired) electrons. The third-order valence-corrected chi connectivity index (χ3v) is 2.90. The molecule has 3 rings (SSSR count). The van der Waals surface area contributed by atoms with E-state index in [4.69, 9.17) is 5.73 Å². The highest BCUT2D eigenvalue weighted by Crippen LogP contribution is 2.23. The highest BCUT2D eigenvalue weighted by atomic mass is 16.6. The molecule has 0 aliphatic heterocycles. The zero-order valence-corrected chi connectivity index (χ0v) is 10.7. The number of nitrogen functional groups attached to an aromatic ring is 1. The third-order valence-electron chi connectivity index (χ3n) is 2.90. The van der Waals surface area contributed by atoms with Gasteiger partial charge in [0, 0.05) is 23.4 Å². The number of nitro benzene ring substituents is 1. The molecule has 2 N–H and O–H groups in total. The predicted molar refractivity (Wildman–Crippen MR) is 75.7 cm³/mol. The van der Waals surface area contributed by atoms with E-state index in [-0.39, 0.29) is 5.69 Å². The SMILES string of the molecule is Nc1cccc(-c2nnnn2-c2cccc([N+](=O)[O-])c2)c1. The Morgan fingerprint density at radius 1 is 1.14 bits per heavy atom. The van der Waals surface area contributed by atoms with E-state index in [1.165, 1.54) is 16.8 Å². The topological polar surface area (TPSA) is 113 Å². The van der Waals surface area contributed by atoms with Crippen LogP contribution < -0.4 is 5.73 Å². The van der Waals surface area contributed by atoms with Crippen LogP contribution in [0.1, 0.15) is 0 Å². The molecular formula is C13H10N6O2. The number of aromatic nitrogens is 4. The number of nitrogens with two attached hydrogens (primary N) is 1. The second-order valence-electron chi connectivity index (χ2n) is 4.32. The number of tetrazole rings is 1. The molecule has 0 saturated heterocycles. The lowest BCUT2D eigenvalue weighted by Gasteiger charge is -2.05. The third kappa shape index (κ3) is 2.41. The van der Waals surface area contributed by atoms with Gasteiger partial charge in [0.25, 0.3) is 5.69 Å². The van der Waals surface area contributed by atoms with Gasteiger partial charge in [-0.2, -0.15) is 4.68 Å². The molecule has 0 atom stereocenters. The number of hydrogen-bond donors (Lipinski definition) is 1. The van der Waals surface area contributed by atoms with Crippen LogP contribution in [0, 0.1) is 10.1 Å². The summed E-state index contributed by atoms with van der Waals surface area (Å²) in [5.74, 6) is 0.461. The number of non-ortho nitro benzene ring substituents is 1. The van der Waals surface area contributed by atoms with Crippen LogP contribution in [0.2, 0.25) is 0 Å². The first kappa shape index (κ1) is 12.7. The first-order valence-electron chi connectivity index (χ1n) is 6.04. The minimum Gasteiger partial charge on any atom is -0.399 e. The second kappa shape index (κ2) is 5.00. The molecule has 0 unspecified atom stereocenters. The first-order valence-corrected chi connectivity index (χ1v) is 6.04. The van der Waals surface area contributed by atoms with E-state index in [9.17, 15) is 10.1 Å². The normalized spacial score (nSPS) is 10.5. The number of nitrogens with zero attached hydrogens (tertiary/aromatic N) is 5. The zero-order valence-electron chi connectivity index (χ0n) is 10.7. The van der Waals surface area contributed by atoms with Gasteiger partial charge in [0.05, 0.1) is 10.6 Å². The Kier molecular flexibility index (Phi) is 3.03. The van der Waals surface area contributed by atoms with Crippen LogP contribution in [-0.4, -0.2) is 25.1 Å². The van der Waals surface area contributed by atoms with Gasteiger partial charge in [-0.15, -0.1) is 5.10 Å². The highest BCUT2D eigenvalue weighted by Gasteiger charge is 2.13. The van der Waals surface area contributed by atoms with E-state index >= 15 is 0 Å². The maximum absolute atomic E-state index is 10.9. The van der Waals surface area contributed by atoms with Crippen LogP contribution in [0.4, 0.5) is 11.4 Å². The van der Waals surface area contributed by atoms with Gasteiger partial charge < -0.3 is 5.73 Å². The summed E-state index contributed by atoms with van der Waals surface area (Å²) < 4.78 is 1.43. The fourth-order valence-electron chi connectivity index (χ4n) is 1.96. The van der Waals surface area contributed by atoms with E-state index in [0.29, 0.717) is 17.2 Å². The molecule has 0 aliphatic carbocycles. The Bertz CT molecular complexity index is 814. The van der Waals surface area contributed by atoms with E-state index in [1.807, 2.05) is 6.07 Å². The average Bonchev–Trinajstić information content (AvgIpc) is 2.97. The lowest BCUT2D eigenvalue weighted by molar-refractivity contribution is -0.384. The summed E-state index contributed by atoms with van der Waals surface area (Å²) in [6.07, 6.45) is 0. The maximum Gasteiger partial charge on any atom is 0.271 e. The molecule has 0 aliphatic rings.